The zero-order valence-electron chi connectivity index (χ0n) is 10.5. The number of rotatable bonds is 4. The van der Waals surface area contributed by atoms with Crippen molar-refractivity contribution >= 4 is 17.3 Å². The second-order valence-corrected chi connectivity index (χ2v) is 4.08. The molecule has 98 valence electrons. The molecule has 2 aromatic rings. The molecule has 0 aliphatic rings. The SMILES string of the molecule is COC(=O)Cc1ccc(Nc2ccc(F)cc2)cc1. The number of nitrogens with one attached hydrogen (secondary N) is 1. The predicted molar refractivity (Wildman–Crippen MR) is 71.8 cm³/mol. The van der Waals surface area contributed by atoms with Crippen molar-refractivity contribution in [3.63, 3.8) is 0 Å². The van der Waals surface area contributed by atoms with Gasteiger partial charge in [-0.25, -0.2) is 4.39 Å². The summed E-state index contributed by atoms with van der Waals surface area (Å²) in [5.74, 6) is -0.529. The van der Waals surface area contributed by atoms with Gasteiger partial charge in [0.05, 0.1) is 13.5 Å². The predicted octanol–water partition coefficient (Wildman–Crippen LogP) is 3.28. The highest BCUT2D eigenvalue weighted by atomic mass is 19.1. The summed E-state index contributed by atoms with van der Waals surface area (Å²) < 4.78 is 17.4. The standard InChI is InChI=1S/C15H14FNO2/c1-19-15(18)10-11-2-6-13(7-3-11)17-14-8-4-12(16)5-9-14/h2-9,17H,10H2,1H3. The molecular formula is C15H14FNO2. The van der Waals surface area contributed by atoms with Crippen molar-refractivity contribution in [2.75, 3.05) is 12.4 Å². The third-order valence-corrected chi connectivity index (χ3v) is 2.66. The Kier molecular flexibility index (Phi) is 4.13. The van der Waals surface area contributed by atoms with Crippen LogP contribution < -0.4 is 5.32 Å². The van der Waals surface area contributed by atoms with Gasteiger partial charge < -0.3 is 10.1 Å². The maximum absolute atomic E-state index is 12.8. The first-order chi connectivity index (χ1) is 9.17. The van der Waals surface area contributed by atoms with Gasteiger partial charge in [0.25, 0.3) is 0 Å². The van der Waals surface area contributed by atoms with E-state index in [0.29, 0.717) is 0 Å². The smallest absolute Gasteiger partial charge is 0.309 e. The van der Waals surface area contributed by atoms with Crippen LogP contribution in [-0.4, -0.2) is 13.1 Å². The molecule has 0 saturated heterocycles. The first kappa shape index (κ1) is 13.1. The van der Waals surface area contributed by atoms with E-state index >= 15 is 0 Å². The van der Waals surface area contributed by atoms with Crippen molar-refractivity contribution < 1.29 is 13.9 Å². The zero-order valence-corrected chi connectivity index (χ0v) is 10.5. The lowest BCUT2D eigenvalue weighted by Gasteiger charge is -2.07. The van der Waals surface area contributed by atoms with Gasteiger partial charge in [0.15, 0.2) is 0 Å². The van der Waals surface area contributed by atoms with Crippen molar-refractivity contribution in [2.24, 2.45) is 0 Å². The van der Waals surface area contributed by atoms with Gasteiger partial charge in [-0.1, -0.05) is 12.1 Å². The van der Waals surface area contributed by atoms with Gasteiger partial charge in [-0.15, -0.1) is 0 Å². The molecule has 0 aliphatic carbocycles. The zero-order chi connectivity index (χ0) is 13.7. The monoisotopic (exact) mass is 259 g/mol. The number of hydrogen-bond donors (Lipinski definition) is 1. The van der Waals surface area contributed by atoms with E-state index in [1.54, 1.807) is 12.1 Å². The summed E-state index contributed by atoms with van der Waals surface area (Å²) in [6.45, 7) is 0. The Morgan fingerprint density at radius 2 is 1.58 bits per heavy atom. The molecule has 0 unspecified atom stereocenters. The molecule has 3 nitrogen and oxygen atoms in total. The molecule has 1 N–H and O–H groups in total. The molecule has 0 aromatic heterocycles. The molecule has 2 rings (SSSR count). The number of esters is 1. The van der Waals surface area contributed by atoms with Gasteiger partial charge in [-0.2, -0.15) is 0 Å². The Morgan fingerprint density at radius 1 is 1.05 bits per heavy atom. The van der Waals surface area contributed by atoms with Gasteiger partial charge >= 0.3 is 5.97 Å². The highest BCUT2D eigenvalue weighted by Gasteiger charge is 2.02. The molecular weight excluding hydrogens is 245 g/mol. The number of anilines is 2. The number of halogens is 1. The van der Waals surface area contributed by atoms with Gasteiger partial charge in [0.2, 0.25) is 0 Å². The Morgan fingerprint density at radius 3 is 2.11 bits per heavy atom. The fourth-order valence-corrected chi connectivity index (χ4v) is 1.64. The van der Waals surface area contributed by atoms with Crippen LogP contribution in [0.4, 0.5) is 15.8 Å². The van der Waals surface area contributed by atoms with Crippen LogP contribution in [0.2, 0.25) is 0 Å². The summed E-state index contributed by atoms with van der Waals surface area (Å²) in [5.41, 5.74) is 2.57. The lowest BCUT2D eigenvalue weighted by atomic mass is 10.1. The largest absolute Gasteiger partial charge is 0.469 e. The molecule has 0 atom stereocenters. The summed E-state index contributed by atoms with van der Waals surface area (Å²) in [7, 11) is 1.37. The van der Waals surface area contributed by atoms with E-state index in [1.165, 1.54) is 19.2 Å². The van der Waals surface area contributed by atoms with Crippen LogP contribution in [0.25, 0.3) is 0 Å². The molecule has 0 amide bonds. The van der Waals surface area contributed by atoms with Crippen LogP contribution >= 0.6 is 0 Å². The number of hydrogen-bond acceptors (Lipinski definition) is 3. The minimum Gasteiger partial charge on any atom is -0.469 e. The Labute approximate surface area is 111 Å². The van der Waals surface area contributed by atoms with Crippen LogP contribution in [0.3, 0.4) is 0 Å². The van der Waals surface area contributed by atoms with Gasteiger partial charge in [0.1, 0.15) is 5.82 Å². The Hall–Kier alpha value is -2.36. The molecule has 0 heterocycles. The minimum atomic E-state index is -0.265. The number of carbonyl (C=O) groups is 1. The van der Waals surface area contributed by atoms with E-state index in [0.717, 1.165) is 16.9 Å². The first-order valence-corrected chi connectivity index (χ1v) is 5.86. The van der Waals surface area contributed by atoms with E-state index in [-0.39, 0.29) is 18.2 Å². The summed E-state index contributed by atoms with van der Waals surface area (Å²) in [5, 5.41) is 3.14. The van der Waals surface area contributed by atoms with Gasteiger partial charge in [-0.3, -0.25) is 4.79 Å². The number of ether oxygens (including phenoxy) is 1. The molecule has 2 aromatic carbocycles. The topological polar surface area (TPSA) is 38.3 Å². The third-order valence-electron chi connectivity index (χ3n) is 2.66. The lowest BCUT2D eigenvalue weighted by molar-refractivity contribution is -0.139. The van der Waals surface area contributed by atoms with Crippen LogP contribution in [0.5, 0.6) is 0 Å². The minimum absolute atomic E-state index is 0.257. The Bertz CT molecular complexity index is 549. The van der Waals surface area contributed by atoms with E-state index in [9.17, 15) is 9.18 Å². The number of carbonyl (C=O) groups excluding carboxylic acids is 1. The van der Waals surface area contributed by atoms with E-state index in [2.05, 4.69) is 10.1 Å². The van der Waals surface area contributed by atoms with Crippen LogP contribution in [0.15, 0.2) is 48.5 Å². The summed E-state index contributed by atoms with van der Waals surface area (Å²) in [6, 6.07) is 13.5. The average molecular weight is 259 g/mol. The van der Waals surface area contributed by atoms with Crippen molar-refractivity contribution in [3.05, 3.63) is 59.9 Å². The number of methoxy groups -OCH3 is 1. The lowest BCUT2D eigenvalue weighted by Crippen LogP contribution is -2.04. The molecule has 19 heavy (non-hydrogen) atoms. The molecule has 0 fully saturated rings. The maximum Gasteiger partial charge on any atom is 0.309 e. The highest BCUT2D eigenvalue weighted by Crippen LogP contribution is 2.17. The quantitative estimate of drug-likeness (QED) is 0.856. The molecule has 0 radical (unpaired) electrons. The van der Waals surface area contributed by atoms with E-state index in [1.807, 2.05) is 24.3 Å². The van der Waals surface area contributed by atoms with Crippen molar-refractivity contribution in [2.45, 2.75) is 6.42 Å². The third kappa shape index (κ3) is 3.81. The van der Waals surface area contributed by atoms with Crippen molar-refractivity contribution in [1.82, 2.24) is 0 Å². The Balaban J connectivity index is 2.02. The van der Waals surface area contributed by atoms with Gasteiger partial charge in [-0.05, 0) is 42.0 Å². The molecule has 0 spiro atoms. The van der Waals surface area contributed by atoms with Gasteiger partial charge in [0, 0.05) is 11.4 Å². The molecule has 0 aliphatic heterocycles. The molecule has 0 saturated carbocycles. The maximum atomic E-state index is 12.8. The average Bonchev–Trinajstić information content (AvgIpc) is 2.43. The molecule has 4 heteroatoms. The second-order valence-electron chi connectivity index (χ2n) is 4.08. The van der Waals surface area contributed by atoms with Crippen molar-refractivity contribution in [3.8, 4) is 0 Å². The summed E-state index contributed by atoms with van der Waals surface area (Å²) in [6.07, 6.45) is 0.257. The van der Waals surface area contributed by atoms with Crippen molar-refractivity contribution in [1.29, 1.82) is 0 Å². The normalized spacial score (nSPS) is 10.0. The molecule has 0 bridgehead atoms. The van der Waals surface area contributed by atoms with E-state index in [4.69, 9.17) is 0 Å². The van der Waals surface area contributed by atoms with Crippen LogP contribution in [-0.2, 0) is 16.0 Å². The van der Waals surface area contributed by atoms with Crippen LogP contribution in [0.1, 0.15) is 5.56 Å². The van der Waals surface area contributed by atoms with E-state index < -0.39 is 0 Å². The first-order valence-electron chi connectivity index (χ1n) is 5.86. The summed E-state index contributed by atoms with van der Waals surface area (Å²) >= 11 is 0. The van der Waals surface area contributed by atoms with Crippen LogP contribution in [0, 0.1) is 5.82 Å². The fraction of sp³-hybridized carbons (Fsp3) is 0.133. The number of benzene rings is 2. The fourth-order valence-electron chi connectivity index (χ4n) is 1.64. The highest BCUT2D eigenvalue weighted by molar-refractivity contribution is 5.72. The second kappa shape index (κ2) is 6.00. The summed E-state index contributed by atoms with van der Waals surface area (Å²) in [4.78, 5) is 11.1.